The Bertz CT molecular complexity index is 220. The van der Waals surface area contributed by atoms with Crippen LogP contribution in [0.3, 0.4) is 0 Å². The van der Waals surface area contributed by atoms with Crippen molar-refractivity contribution in [2.45, 2.75) is 18.9 Å². The molecule has 0 amide bonds. The van der Waals surface area contributed by atoms with Crippen LogP contribution in [0, 0.1) is 0 Å². The van der Waals surface area contributed by atoms with Crippen LogP contribution in [0.4, 0.5) is 0 Å². The zero-order valence-corrected chi connectivity index (χ0v) is 6.29. The predicted octanol–water partition coefficient (Wildman–Crippen LogP) is 0.496. The van der Waals surface area contributed by atoms with Gasteiger partial charge in [-0.2, -0.15) is 0 Å². The molecule has 2 aliphatic rings. The van der Waals surface area contributed by atoms with Gasteiger partial charge in [0.1, 0.15) is 5.76 Å². The lowest BCUT2D eigenvalue weighted by Gasteiger charge is -2.06. The first kappa shape index (κ1) is 6.85. The minimum atomic E-state index is -0.324. The number of allylic oxidation sites excluding steroid dienone is 1. The summed E-state index contributed by atoms with van der Waals surface area (Å²) in [6, 6.07) is 0. The van der Waals surface area contributed by atoms with Crippen molar-refractivity contribution in [3.63, 3.8) is 0 Å². The van der Waals surface area contributed by atoms with Gasteiger partial charge in [0.15, 0.2) is 0 Å². The van der Waals surface area contributed by atoms with Gasteiger partial charge in [0, 0.05) is 18.5 Å². The molecule has 0 saturated carbocycles. The molecule has 3 heteroatoms. The molecular formula is C8H11NO2. The molecule has 0 aromatic heterocycles. The molecule has 2 rings (SSSR count). The normalized spacial score (nSPS) is 29.7. The maximum absolute atomic E-state index is 9.54. The molecular weight excluding hydrogens is 142 g/mol. The Balaban J connectivity index is 2.27. The average Bonchev–Trinajstić information content (AvgIpc) is 2.40. The van der Waals surface area contributed by atoms with Crippen molar-refractivity contribution in [3.8, 4) is 0 Å². The van der Waals surface area contributed by atoms with E-state index in [-0.39, 0.29) is 6.10 Å². The van der Waals surface area contributed by atoms with E-state index in [1.54, 1.807) is 6.21 Å². The fraction of sp³-hybridized carbons (Fsp3) is 0.625. The van der Waals surface area contributed by atoms with Crippen LogP contribution in [0.2, 0.25) is 0 Å². The van der Waals surface area contributed by atoms with Gasteiger partial charge in [-0.3, -0.25) is 4.99 Å². The third kappa shape index (κ3) is 1.16. The molecule has 60 valence electrons. The topological polar surface area (TPSA) is 41.8 Å². The van der Waals surface area contributed by atoms with Crippen LogP contribution in [0.15, 0.2) is 16.3 Å². The lowest BCUT2D eigenvalue weighted by Crippen LogP contribution is -2.10. The quantitative estimate of drug-likeness (QED) is 0.550. The van der Waals surface area contributed by atoms with E-state index in [1.807, 2.05) is 0 Å². The summed E-state index contributed by atoms with van der Waals surface area (Å²) in [4.78, 5) is 4.10. The predicted molar refractivity (Wildman–Crippen MR) is 41.6 cm³/mol. The third-order valence-corrected chi connectivity index (χ3v) is 2.09. The Morgan fingerprint density at radius 1 is 1.64 bits per heavy atom. The van der Waals surface area contributed by atoms with Gasteiger partial charge in [-0.25, -0.2) is 0 Å². The van der Waals surface area contributed by atoms with Crippen LogP contribution in [0.5, 0.6) is 0 Å². The first-order valence-corrected chi connectivity index (χ1v) is 3.91. The highest BCUT2D eigenvalue weighted by molar-refractivity contribution is 5.78. The summed E-state index contributed by atoms with van der Waals surface area (Å²) in [5, 5.41) is 9.54. The highest BCUT2D eigenvalue weighted by Gasteiger charge is 2.22. The Morgan fingerprint density at radius 3 is 3.45 bits per heavy atom. The number of hydrogen-bond acceptors (Lipinski definition) is 3. The van der Waals surface area contributed by atoms with Gasteiger partial charge in [0.05, 0.1) is 18.9 Å². The van der Waals surface area contributed by atoms with E-state index >= 15 is 0 Å². The van der Waals surface area contributed by atoms with Crippen molar-refractivity contribution in [2.24, 2.45) is 4.99 Å². The summed E-state index contributed by atoms with van der Waals surface area (Å²) in [6.45, 7) is 1.41. The zero-order valence-electron chi connectivity index (χ0n) is 6.29. The fourth-order valence-corrected chi connectivity index (χ4v) is 1.46. The molecule has 3 nitrogen and oxygen atoms in total. The number of aliphatic hydroxyl groups excluding tert-OH is 1. The fourth-order valence-electron chi connectivity index (χ4n) is 1.46. The summed E-state index contributed by atoms with van der Waals surface area (Å²) in [5.74, 6) is 0.801. The van der Waals surface area contributed by atoms with Crippen molar-refractivity contribution in [3.05, 3.63) is 11.3 Å². The van der Waals surface area contributed by atoms with E-state index < -0.39 is 0 Å². The Labute approximate surface area is 65.4 Å². The van der Waals surface area contributed by atoms with Crippen molar-refractivity contribution in [1.82, 2.24) is 0 Å². The zero-order chi connectivity index (χ0) is 7.68. The van der Waals surface area contributed by atoms with Gasteiger partial charge in [-0.05, 0) is 6.42 Å². The SMILES string of the molecule is OC1CCN=CC2=C1CCO2. The van der Waals surface area contributed by atoms with Crippen molar-refractivity contribution >= 4 is 6.21 Å². The number of aliphatic hydroxyl groups is 1. The molecule has 1 unspecified atom stereocenters. The summed E-state index contributed by atoms with van der Waals surface area (Å²) >= 11 is 0. The van der Waals surface area contributed by atoms with Crippen LogP contribution in [-0.2, 0) is 4.74 Å². The number of nitrogens with zero attached hydrogens (tertiary/aromatic N) is 1. The van der Waals surface area contributed by atoms with Crippen molar-refractivity contribution < 1.29 is 9.84 Å². The second-order valence-corrected chi connectivity index (χ2v) is 2.83. The monoisotopic (exact) mass is 153 g/mol. The molecule has 2 heterocycles. The number of ether oxygens (including phenoxy) is 1. The molecule has 0 aromatic carbocycles. The van der Waals surface area contributed by atoms with Crippen LogP contribution in [0.1, 0.15) is 12.8 Å². The maximum atomic E-state index is 9.54. The van der Waals surface area contributed by atoms with Gasteiger partial charge >= 0.3 is 0 Å². The minimum Gasteiger partial charge on any atom is -0.492 e. The lowest BCUT2D eigenvalue weighted by atomic mass is 10.1. The second kappa shape index (κ2) is 2.66. The van der Waals surface area contributed by atoms with Gasteiger partial charge in [0.2, 0.25) is 0 Å². The van der Waals surface area contributed by atoms with Crippen molar-refractivity contribution in [2.75, 3.05) is 13.2 Å². The molecule has 0 radical (unpaired) electrons. The summed E-state index contributed by atoms with van der Waals surface area (Å²) < 4.78 is 5.28. The van der Waals surface area contributed by atoms with E-state index in [2.05, 4.69) is 4.99 Å². The highest BCUT2D eigenvalue weighted by Crippen LogP contribution is 2.24. The van der Waals surface area contributed by atoms with Crippen LogP contribution >= 0.6 is 0 Å². The van der Waals surface area contributed by atoms with E-state index in [1.165, 1.54) is 0 Å². The summed E-state index contributed by atoms with van der Waals surface area (Å²) in [7, 11) is 0. The van der Waals surface area contributed by atoms with Gasteiger partial charge < -0.3 is 9.84 Å². The van der Waals surface area contributed by atoms with Crippen LogP contribution < -0.4 is 0 Å². The second-order valence-electron chi connectivity index (χ2n) is 2.83. The molecule has 11 heavy (non-hydrogen) atoms. The summed E-state index contributed by atoms with van der Waals surface area (Å²) in [6.07, 6.45) is 3.01. The number of rotatable bonds is 0. The minimum absolute atomic E-state index is 0.324. The molecule has 0 saturated heterocycles. The molecule has 0 spiro atoms. The van der Waals surface area contributed by atoms with E-state index in [0.717, 1.165) is 24.2 Å². The van der Waals surface area contributed by atoms with E-state index in [0.29, 0.717) is 13.2 Å². The lowest BCUT2D eigenvalue weighted by molar-refractivity contribution is 0.201. The molecule has 1 N–H and O–H groups in total. The Hall–Kier alpha value is -0.830. The van der Waals surface area contributed by atoms with Gasteiger partial charge in [-0.1, -0.05) is 0 Å². The first-order valence-electron chi connectivity index (χ1n) is 3.91. The smallest absolute Gasteiger partial charge is 0.138 e. The Kier molecular flexibility index (Phi) is 1.66. The van der Waals surface area contributed by atoms with Crippen molar-refractivity contribution in [1.29, 1.82) is 0 Å². The standard InChI is InChI=1S/C8H11NO2/c10-7-1-3-9-5-8-6(7)2-4-11-8/h5,7,10H,1-4H2. The Morgan fingerprint density at radius 2 is 2.55 bits per heavy atom. The largest absolute Gasteiger partial charge is 0.492 e. The highest BCUT2D eigenvalue weighted by atomic mass is 16.5. The summed E-state index contributed by atoms with van der Waals surface area (Å²) in [5.41, 5.74) is 1.03. The molecule has 2 aliphatic heterocycles. The molecule has 0 fully saturated rings. The molecule has 0 bridgehead atoms. The van der Waals surface area contributed by atoms with E-state index in [9.17, 15) is 5.11 Å². The van der Waals surface area contributed by atoms with Gasteiger partial charge in [0.25, 0.3) is 0 Å². The molecule has 0 aromatic rings. The van der Waals surface area contributed by atoms with Crippen LogP contribution in [0.25, 0.3) is 0 Å². The van der Waals surface area contributed by atoms with Crippen LogP contribution in [-0.4, -0.2) is 30.6 Å². The van der Waals surface area contributed by atoms with Gasteiger partial charge in [-0.15, -0.1) is 0 Å². The molecule has 1 atom stereocenters. The van der Waals surface area contributed by atoms with E-state index in [4.69, 9.17) is 4.74 Å². The third-order valence-electron chi connectivity index (χ3n) is 2.09. The average molecular weight is 153 g/mol. The number of aliphatic imine (C=N–C) groups is 1. The maximum Gasteiger partial charge on any atom is 0.138 e. The molecule has 0 aliphatic carbocycles. The first-order chi connectivity index (χ1) is 5.38. The number of hydrogen-bond donors (Lipinski definition) is 1.